The third-order valence-corrected chi connectivity index (χ3v) is 7.10. The first-order valence-corrected chi connectivity index (χ1v) is 15.4. The summed E-state index contributed by atoms with van der Waals surface area (Å²) in [5, 5.41) is 13.8. The zero-order valence-corrected chi connectivity index (χ0v) is 26.6. The average molecular weight is 602 g/mol. The topological polar surface area (TPSA) is 69.6 Å². The largest absolute Gasteiger partial charge is 0.391 e. The molecule has 2 amide bonds. The molecule has 1 saturated carbocycles. The number of benzene rings is 2. The van der Waals surface area contributed by atoms with Crippen LogP contribution in [0.15, 0.2) is 46.9 Å². The van der Waals surface area contributed by atoms with Crippen molar-refractivity contribution >= 4 is 27.7 Å². The van der Waals surface area contributed by atoms with Gasteiger partial charge in [0.05, 0.1) is 6.10 Å². The van der Waals surface area contributed by atoms with Gasteiger partial charge >= 0.3 is 0 Å². The highest BCUT2D eigenvalue weighted by Crippen LogP contribution is 2.33. The van der Waals surface area contributed by atoms with Crippen LogP contribution < -0.4 is 5.32 Å². The molecular formula is C33H49BrN2O3. The third-order valence-electron chi connectivity index (χ3n) is 6.60. The molecule has 2 aliphatic rings. The highest BCUT2D eigenvalue weighted by atomic mass is 79.9. The molecule has 1 fully saturated rings. The first-order valence-electron chi connectivity index (χ1n) is 14.6. The molecule has 39 heavy (non-hydrogen) atoms. The van der Waals surface area contributed by atoms with Gasteiger partial charge in [0, 0.05) is 41.5 Å². The van der Waals surface area contributed by atoms with Crippen molar-refractivity contribution in [3.8, 4) is 0 Å². The summed E-state index contributed by atoms with van der Waals surface area (Å²) >= 11 is 3.51. The lowest BCUT2D eigenvalue weighted by molar-refractivity contribution is -0.122. The maximum absolute atomic E-state index is 13.0. The number of β-amino-alcohol motifs (C(OH)–C–C–N with tert-alkyl or cyclic N) is 1. The molecule has 0 radical (unpaired) electrons. The van der Waals surface area contributed by atoms with Gasteiger partial charge in [-0.25, -0.2) is 0 Å². The van der Waals surface area contributed by atoms with Gasteiger partial charge in [-0.15, -0.1) is 0 Å². The predicted molar refractivity (Wildman–Crippen MR) is 165 cm³/mol. The SMILES string of the molecule is CC.CC(C)(C)C.CCC1CN(CC(O)CCc2ccccc2CNC(=O)C2CC2)C(=O)c2ccc(Br)cc21. The van der Waals surface area contributed by atoms with E-state index in [1.807, 2.05) is 50.2 Å². The molecule has 0 aromatic heterocycles. The number of aryl methyl sites for hydroxylation is 1. The number of halogens is 1. The third kappa shape index (κ3) is 11.1. The van der Waals surface area contributed by atoms with Gasteiger partial charge in [-0.3, -0.25) is 9.59 Å². The Balaban J connectivity index is 0.000000686. The van der Waals surface area contributed by atoms with E-state index in [1.165, 1.54) is 0 Å². The Hall–Kier alpha value is -2.18. The fourth-order valence-electron chi connectivity index (χ4n) is 4.50. The minimum absolute atomic E-state index is 0.000520. The minimum atomic E-state index is -0.595. The molecule has 2 N–H and O–H groups in total. The molecule has 0 spiro atoms. The van der Waals surface area contributed by atoms with E-state index in [9.17, 15) is 14.7 Å². The van der Waals surface area contributed by atoms with Crippen molar-refractivity contribution in [2.24, 2.45) is 11.3 Å². The molecule has 2 atom stereocenters. The van der Waals surface area contributed by atoms with Crippen molar-refractivity contribution in [2.75, 3.05) is 13.1 Å². The highest BCUT2D eigenvalue weighted by molar-refractivity contribution is 9.10. The van der Waals surface area contributed by atoms with Crippen LogP contribution in [-0.4, -0.2) is 41.0 Å². The Labute approximate surface area is 244 Å². The number of hydrogen-bond donors (Lipinski definition) is 2. The second-order valence-corrected chi connectivity index (χ2v) is 12.9. The van der Waals surface area contributed by atoms with Crippen molar-refractivity contribution < 1.29 is 14.7 Å². The van der Waals surface area contributed by atoms with Gasteiger partial charge in [0.25, 0.3) is 5.91 Å². The summed E-state index contributed by atoms with van der Waals surface area (Å²) in [6.07, 6.45) is 3.62. The lowest BCUT2D eigenvalue weighted by Crippen LogP contribution is -2.44. The van der Waals surface area contributed by atoms with Crippen LogP contribution in [0.2, 0.25) is 0 Å². The minimum Gasteiger partial charge on any atom is -0.391 e. The summed E-state index contributed by atoms with van der Waals surface area (Å²) in [5.74, 6) is 0.619. The monoisotopic (exact) mass is 600 g/mol. The molecule has 2 unspecified atom stereocenters. The van der Waals surface area contributed by atoms with E-state index < -0.39 is 6.10 Å². The first kappa shape index (κ1) is 33.0. The number of aliphatic hydroxyl groups is 1. The normalized spacial score (nSPS) is 17.2. The summed E-state index contributed by atoms with van der Waals surface area (Å²) in [4.78, 5) is 26.8. The summed E-state index contributed by atoms with van der Waals surface area (Å²) in [6.45, 7) is 16.4. The summed E-state index contributed by atoms with van der Waals surface area (Å²) < 4.78 is 0.989. The van der Waals surface area contributed by atoms with Crippen molar-refractivity contribution in [1.82, 2.24) is 10.2 Å². The molecule has 216 valence electrons. The average Bonchev–Trinajstić information content (AvgIpc) is 3.74. The van der Waals surface area contributed by atoms with E-state index in [1.54, 1.807) is 4.90 Å². The number of nitrogens with zero attached hydrogens (tertiary/aromatic N) is 1. The van der Waals surface area contributed by atoms with E-state index in [4.69, 9.17) is 0 Å². The van der Waals surface area contributed by atoms with Crippen molar-refractivity contribution in [2.45, 2.75) is 99.1 Å². The second kappa shape index (κ2) is 15.6. The number of carbonyl (C=O) groups is 2. The van der Waals surface area contributed by atoms with Gasteiger partial charge in [-0.05, 0) is 72.4 Å². The molecular weight excluding hydrogens is 552 g/mol. The smallest absolute Gasteiger partial charge is 0.254 e. The van der Waals surface area contributed by atoms with Crippen LogP contribution in [-0.2, 0) is 17.8 Å². The number of fused-ring (bicyclic) bond motifs is 1. The molecule has 0 saturated heterocycles. The van der Waals surface area contributed by atoms with Crippen LogP contribution in [0, 0.1) is 11.3 Å². The van der Waals surface area contributed by atoms with E-state index in [-0.39, 0.29) is 23.7 Å². The van der Waals surface area contributed by atoms with Crippen LogP contribution in [0.3, 0.4) is 0 Å². The molecule has 0 bridgehead atoms. The Morgan fingerprint density at radius 1 is 1.10 bits per heavy atom. The highest BCUT2D eigenvalue weighted by Gasteiger charge is 2.32. The number of nitrogens with one attached hydrogen (secondary N) is 1. The zero-order valence-electron chi connectivity index (χ0n) is 25.0. The van der Waals surface area contributed by atoms with Gasteiger partial charge < -0.3 is 15.3 Å². The van der Waals surface area contributed by atoms with Crippen molar-refractivity contribution in [3.63, 3.8) is 0 Å². The summed E-state index contributed by atoms with van der Waals surface area (Å²) in [6, 6.07) is 13.9. The number of carbonyl (C=O) groups excluding carboxylic acids is 2. The Morgan fingerprint density at radius 2 is 1.72 bits per heavy atom. The van der Waals surface area contributed by atoms with Gasteiger partial charge in [-0.1, -0.05) is 88.7 Å². The van der Waals surface area contributed by atoms with Gasteiger partial charge in [0.2, 0.25) is 5.91 Å². The number of hydrogen-bond acceptors (Lipinski definition) is 3. The Morgan fingerprint density at radius 3 is 2.31 bits per heavy atom. The van der Waals surface area contributed by atoms with Crippen LogP contribution in [0.1, 0.15) is 107 Å². The van der Waals surface area contributed by atoms with E-state index in [2.05, 4.69) is 61.9 Å². The zero-order chi connectivity index (χ0) is 29.2. The molecule has 6 heteroatoms. The van der Waals surface area contributed by atoms with Crippen molar-refractivity contribution in [1.29, 1.82) is 0 Å². The molecule has 1 aliphatic carbocycles. The molecule has 4 rings (SSSR count). The van der Waals surface area contributed by atoms with E-state index >= 15 is 0 Å². The fraction of sp³-hybridized carbons (Fsp3) is 0.576. The predicted octanol–water partition coefficient (Wildman–Crippen LogP) is 7.50. The van der Waals surface area contributed by atoms with Crippen LogP contribution in [0.5, 0.6) is 0 Å². The molecule has 2 aromatic carbocycles. The Bertz CT molecular complexity index is 1070. The molecule has 1 aliphatic heterocycles. The van der Waals surface area contributed by atoms with E-state index in [0.29, 0.717) is 37.9 Å². The maximum atomic E-state index is 13.0. The lowest BCUT2D eigenvalue weighted by atomic mass is 9.87. The summed E-state index contributed by atoms with van der Waals surface area (Å²) in [5.41, 5.74) is 4.57. The fourth-order valence-corrected chi connectivity index (χ4v) is 4.88. The van der Waals surface area contributed by atoms with Crippen LogP contribution in [0.4, 0.5) is 0 Å². The molecule has 2 aromatic rings. The van der Waals surface area contributed by atoms with Gasteiger partial charge in [-0.2, -0.15) is 0 Å². The quantitative estimate of drug-likeness (QED) is 0.313. The maximum Gasteiger partial charge on any atom is 0.254 e. The first-order chi connectivity index (χ1) is 18.5. The second-order valence-electron chi connectivity index (χ2n) is 12.0. The lowest BCUT2D eigenvalue weighted by Gasteiger charge is -2.35. The van der Waals surface area contributed by atoms with Gasteiger partial charge in [0.1, 0.15) is 0 Å². The van der Waals surface area contributed by atoms with Crippen LogP contribution >= 0.6 is 15.9 Å². The van der Waals surface area contributed by atoms with Gasteiger partial charge in [0.15, 0.2) is 0 Å². The Kier molecular flexibility index (Phi) is 13.2. The number of amides is 2. The standard InChI is InChI=1S/C26H31BrN2O3.C5H12.C2H6/c1-2-17-15-29(26(32)23-12-10-21(27)13-24(17)23)16-22(30)11-9-18-5-3-4-6-20(18)14-28-25(31)19-7-8-19;1-5(2,3)4;1-2/h3-6,10,12-13,17,19,22,30H,2,7-9,11,14-16H2,1H3,(H,28,31);1-4H3;1-2H3. The number of rotatable bonds is 9. The summed E-state index contributed by atoms with van der Waals surface area (Å²) in [7, 11) is 0. The molecule has 1 heterocycles. The van der Waals surface area contributed by atoms with E-state index in [0.717, 1.165) is 46.0 Å². The molecule has 5 nitrogen and oxygen atoms in total. The van der Waals surface area contributed by atoms with Crippen molar-refractivity contribution in [3.05, 3.63) is 69.2 Å². The number of aliphatic hydroxyl groups excluding tert-OH is 1. The van der Waals surface area contributed by atoms with Crippen LogP contribution in [0.25, 0.3) is 0 Å².